The molecule has 168 valence electrons. The summed E-state index contributed by atoms with van der Waals surface area (Å²) in [5, 5.41) is 3.40. The van der Waals surface area contributed by atoms with Gasteiger partial charge in [-0.1, -0.05) is 53.5 Å². The van der Waals surface area contributed by atoms with Gasteiger partial charge in [-0.15, -0.1) is 0 Å². The molecule has 0 unspecified atom stereocenters. The molecule has 1 N–H and O–H groups in total. The van der Waals surface area contributed by atoms with Crippen LogP contribution in [0.1, 0.15) is 19.2 Å². The van der Waals surface area contributed by atoms with E-state index in [1.54, 1.807) is 12.1 Å². The second kappa shape index (κ2) is 10.1. The molecule has 6 nitrogen and oxygen atoms in total. The van der Waals surface area contributed by atoms with Gasteiger partial charge in [0.05, 0.1) is 28.2 Å². The lowest BCUT2D eigenvalue weighted by atomic mass is 10.2. The summed E-state index contributed by atoms with van der Waals surface area (Å²) in [6.45, 7) is 1.50. The maximum atomic E-state index is 12.5. The Morgan fingerprint density at radius 2 is 1.76 bits per heavy atom. The van der Waals surface area contributed by atoms with Crippen LogP contribution in [-0.2, 0) is 20.7 Å². The predicted octanol–water partition coefficient (Wildman–Crippen LogP) is 5.84. The van der Waals surface area contributed by atoms with Crippen molar-refractivity contribution in [1.82, 2.24) is 9.55 Å². The number of halogens is 2. The minimum atomic E-state index is -1.000. The maximum absolute atomic E-state index is 12.5. The lowest BCUT2D eigenvalue weighted by molar-refractivity contribution is -0.153. The van der Waals surface area contributed by atoms with Gasteiger partial charge in [0.25, 0.3) is 5.91 Å². The molecule has 4 rings (SSSR count). The van der Waals surface area contributed by atoms with Gasteiger partial charge >= 0.3 is 5.97 Å². The summed E-state index contributed by atoms with van der Waals surface area (Å²) in [7, 11) is 0. The van der Waals surface area contributed by atoms with Crippen LogP contribution < -0.4 is 5.32 Å². The summed E-state index contributed by atoms with van der Waals surface area (Å²) >= 11 is 12.0. The van der Waals surface area contributed by atoms with Gasteiger partial charge in [-0.2, -0.15) is 0 Å². The number of fused-ring (bicyclic) bond motifs is 1. The van der Waals surface area contributed by atoms with Crippen molar-refractivity contribution in [2.45, 2.75) is 25.9 Å². The SMILES string of the molecule is C[C@@H](OC(=O)CCc1nc2ccccc2n1-c1ccccc1)C(=O)Nc1cc(Cl)ccc1Cl. The topological polar surface area (TPSA) is 73.2 Å². The van der Waals surface area contributed by atoms with Crippen molar-refractivity contribution in [3.63, 3.8) is 0 Å². The number of para-hydroxylation sites is 3. The van der Waals surface area contributed by atoms with Crippen LogP contribution >= 0.6 is 23.2 Å². The van der Waals surface area contributed by atoms with E-state index in [1.807, 2.05) is 59.2 Å². The quantitative estimate of drug-likeness (QED) is 0.336. The lowest BCUT2D eigenvalue weighted by Crippen LogP contribution is -2.30. The highest BCUT2D eigenvalue weighted by atomic mass is 35.5. The number of nitrogens with zero attached hydrogens (tertiary/aromatic N) is 2. The summed E-state index contributed by atoms with van der Waals surface area (Å²) in [5.74, 6) is -0.257. The molecule has 1 atom stereocenters. The molecule has 0 aliphatic rings. The van der Waals surface area contributed by atoms with E-state index >= 15 is 0 Å². The van der Waals surface area contributed by atoms with Crippen LogP contribution in [0.2, 0.25) is 10.0 Å². The Bertz CT molecular complexity index is 1310. The number of aryl methyl sites for hydroxylation is 1. The Kier molecular flexibility index (Phi) is 6.96. The molecular formula is C25H21Cl2N3O3. The molecule has 1 amide bonds. The number of carbonyl (C=O) groups excluding carboxylic acids is 2. The van der Waals surface area contributed by atoms with Gasteiger partial charge in [-0.05, 0) is 49.4 Å². The first kappa shape index (κ1) is 22.8. The van der Waals surface area contributed by atoms with Crippen molar-refractivity contribution >= 4 is 51.8 Å². The van der Waals surface area contributed by atoms with E-state index in [0.29, 0.717) is 22.2 Å². The second-order valence-corrected chi connectivity index (χ2v) is 8.28. The lowest BCUT2D eigenvalue weighted by Gasteiger charge is -2.14. The van der Waals surface area contributed by atoms with E-state index < -0.39 is 18.0 Å². The zero-order chi connectivity index (χ0) is 23.4. The minimum absolute atomic E-state index is 0.0751. The normalized spacial score (nSPS) is 11.8. The largest absolute Gasteiger partial charge is 0.453 e. The van der Waals surface area contributed by atoms with Gasteiger partial charge < -0.3 is 10.1 Å². The Hall–Kier alpha value is -3.35. The fourth-order valence-electron chi connectivity index (χ4n) is 3.46. The Balaban J connectivity index is 1.43. The molecule has 1 aromatic heterocycles. The van der Waals surface area contributed by atoms with E-state index in [9.17, 15) is 9.59 Å². The van der Waals surface area contributed by atoms with E-state index in [2.05, 4.69) is 5.32 Å². The summed E-state index contributed by atoms with van der Waals surface area (Å²) in [4.78, 5) is 29.6. The Labute approximate surface area is 201 Å². The standard InChI is InChI=1S/C25H21Cl2N3O3/c1-16(25(32)29-21-15-17(26)11-12-19(21)27)33-24(31)14-13-23-28-20-9-5-6-10-22(20)30(23)18-7-3-2-4-8-18/h2-12,15-16H,13-14H2,1H3,(H,29,32)/t16-/m1/s1. The smallest absolute Gasteiger partial charge is 0.307 e. The zero-order valence-electron chi connectivity index (χ0n) is 17.8. The molecule has 1 heterocycles. The number of imidazole rings is 1. The first-order chi connectivity index (χ1) is 15.9. The van der Waals surface area contributed by atoms with Crippen LogP contribution in [0.15, 0.2) is 72.8 Å². The van der Waals surface area contributed by atoms with E-state index in [4.69, 9.17) is 32.9 Å². The molecule has 0 aliphatic heterocycles. The molecule has 0 saturated heterocycles. The number of rotatable bonds is 7. The number of carbonyl (C=O) groups is 2. The molecule has 0 fully saturated rings. The number of amides is 1. The van der Waals surface area contributed by atoms with Gasteiger partial charge in [-0.3, -0.25) is 14.2 Å². The molecule has 0 bridgehead atoms. The first-order valence-electron chi connectivity index (χ1n) is 10.4. The third-order valence-corrected chi connectivity index (χ3v) is 5.63. The van der Waals surface area contributed by atoms with Crippen molar-refractivity contribution in [3.8, 4) is 5.69 Å². The van der Waals surface area contributed by atoms with Gasteiger partial charge in [0.1, 0.15) is 5.82 Å². The van der Waals surface area contributed by atoms with Crippen molar-refractivity contribution < 1.29 is 14.3 Å². The van der Waals surface area contributed by atoms with Gasteiger partial charge in [0, 0.05) is 17.1 Å². The number of ether oxygens (including phenoxy) is 1. The summed E-state index contributed by atoms with van der Waals surface area (Å²) in [5.41, 5.74) is 3.11. The number of benzene rings is 3. The number of esters is 1. The predicted molar refractivity (Wildman–Crippen MR) is 130 cm³/mol. The second-order valence-electron chi connectivity index (χ2n) is 7.43. The van der Waals surface area contributed by atoms with Gasteiger partial charge in [0.15, 0.2) is 6.10 Å². The van der Waals surface area contributed by atoms with E-state index in [1.165, 1.54) is 13.0 Å². The van der Waals surface area contributed by atoms with Crippen LogP contribution in [0, 0.1) is 0 Å². The molecular weight excluding hydrogens is 461 g/mol. The number of hydrogen-bond donors (Lipinski definition) is 1. The molecule has 0 aliphatic carbocycles. The number of hydrogen-bond acceptors (Lipinski definition) is 4. The third-order valence-electron chi connectivity index (χ3n) is 5.06. The Morgan fingerprint density at radius 1 is 1.03 bits per heavy atom. The first-order valence-corrected chi connectivity index (χ1v) is 11.1. The summed E-state index contributed by atoms with van der Waals surface area (Å²) < 4.78 is 7.36. The highest BCUT2D eigenvalue weighted by molar-refractivity contribution is 6.35. The zero-order valence-corrected chi connectivity index (χ0v) is 19.3. The number of anilines is 1. The average Bonchev–Trinajstić information content (AvgIpc) is 3.19. The van der Waals surface area contributed by atoms with Crippen LogP contribution in [0.25, 0.3) is 16.7 Å². The molecule has 0 saturated carbocycles. The number of nitrogens with one attached hydrogen (secondary N) is 1. The average molecular weight is 482 g/mol. The molecule has 4 aromatic rings. The molecule has 8 heteroatoms. The fourth-order valence-corrected chi connectivity index (χ4v) is 3.80. The summed E-state index contributed by atoms with van der Waals surface area (Å²) in [6, 6.07) is 22.4. The van der Waals surface area contributed by atoms with Crippen molar-refractivity contribution in [3.05, 3.63) is 88.7 Å². The molecule has 0 radical (unpaired) electrons. The minimum Gasteiger partial charge on any atom is -0.453 e. The maximum Gasteiger partial charge on any atom is 0.307 e. The van der Waals surface area contributed by atoms with E-state index in [0.717, 1.165) is 22.5 Å². The van der Waals surface area contributed by atoms with Crippen LogP contribution in [0.3, 0.4) is 0 Å². The van der Waals surface area contributed by atoms with Crippen LogP contribution in [0.5, 0.6) is 0 Å². The van der Waals surface area contributed by atoms with Crippen molar-refractivity contribution in [2.24, 2.45) is 0 Å². The summed E-state index contributed by atoms with van der Waals surface area (Å²) in [6.07, 6.45) is -0.566. The van der Waals surface area contributed by atoms with Gasteiger partial charge in [0.2, 0.25) is 0 Å². The Morgan fingerprint density at radius 3 is 2.55 bits per heavy atom. The monoisotopic (exact) mass is 481 g/mol. The molecule has 0 spiro atoms. The molecule has 3 aromatic carbocycles. The van der Waals surface area contributed by atoms with Crippen molar-refractivity contribution in [1.29, 1.82) is 0 Å². The highest BCUT2D eigenvalue weighted by Crippen LogP contribution is 2.26. The third kappa shape index (κ3) is 5.35. The van der Waals surface area contributed by atoms with E-state index in [-0.39, 0.29) is 6.42 Å². The van der Waals surface area contributed by atoms with Crippen LogP contribution in [-0.4, -0.2) is 27.5 Å². The highest BCUT2D eigenvalue weighted by Gasteiger charge is 2.20. The van der Waals surface area contributed by atoms with Gasteiger partial charge in [-0.25, -0.2) is 4.98 Å². The fraction of sp³-hybridized carbons (Fsp3) is 0.160. The van der Waals surface area contributed by atoms with Crippen LogP contribution in [0.4, 0.5) is 5.69 Å². The number of aromatic nitrogens is 2. The molecule has 33 heavy (non-hydrogen) atoms. The van der Waals surface area contributed by atoms with Crippen molar-refractivity contribution in [2.75, 3.05) is 5.32 Å².